The highest BCUT2D eigenvalue weighted by Crippen LogP contribution is 2.23. The van der Waals surface area contributed by atoms with E-state index in [4.69, 9.17) is 5.73 Å². The molecule has 1 aromatic rings. The molecule has 0 radical (unpaired) electrons. The van der Waals surface area contributed by atoms with E-state index in [1.165, 1.54) is 24.0 Å². The Morgan fingerprint density at radius 1 is 1.59 bits per heavy atom. The molecule has 2 rings (SSSR count). The van der Waals surface area contributed by atoms with Crippen molar-refractivity contribution >= 4 is 23.4 Å². The number of nitrogens with two attached hydrogens (primary N) is 1. The fourth-order valence-electron chi connectivity index (χ4n) is 1.82. The summed E-state index contributed by atoms with van der Waals surface area (Å²) >= 11 is 1.92. The van der Waals surface area contributed by atoms with Gasteiger partial charge < -0.3 is 16.2 Å². The summed E-state index contributed by atoms with van der Waals surface area (Å²) in [7, 11) is 0. The molecule has 1 aliphatic rings. The minimum absolute atomic E-state index is 0.0563. The average Bonchev–Trinajstić information content (AvgIpc) is 2.82. The average molecular weight is 252 g/mol. The summed E-state index contributed by atoms with van der Waals surface area (Å²) in [5.41, 5.74) is 6.43. The maximum Gasteiger partial charge on any atom is 0.253 e. The maximum atomic E-state index is 11.9. The third kappa shape index (κ3) is 3.06. The summed E-state index contributed by atoms with van der Waals surface area (Å²) in [6.45, 7) is 0.681. The van der Waals surface area contributed by atoms with Crippen LogP contribution in [0.4, 0.5) is 5.69 Å². The van der Waals surface area contributed by atoms with E-state index in [-0.39, 0.29) is 11.7 Å². The van der Waals surface area contributed by atoms with Crippen LogP contribution in [0.1, 0.15) is 16.8 Å². The number of benzene rings is 1. The van der Waals surface area contributed by atoms with Crippen LogP contribution < -0.4 is 11.1 Å². The minimum Gasteiger partial charge on any atom is -0.508 e. The molecule has 0 aromatic heterocycles. The highest BCUT2D eigenvalue weighted by Gasteiger charge is 2.17. The fourth-order valence-corrected chi connectivity index (χ4v) is 3.10. The van der Waals surface area contributed by atoms with Gasteiger partial charge in [-0.15, -0.1) is 0 Å². The van der Waals surface area contributed by atoms with Crippen LogP contribution in [0.25, 0.3) is 0 Å². The Labute approximate surface area is 105 Å². The molecule has 92 valence electrons. The number of nitrogen functional groups attached to an aromatic ring is 1. The van der Waals surface area contributed by atoms with Gasteiger partial charge >= 0.3 is 0 Å². The Bertz CT molecular complexity index is 417. The van der Waals surface area contributed by atoms with Crippen molar-refractivity contribution in [2.75, 3.05) is 23.8 Å². The third-order valence-electron chi connectivity index (χ3n) is 2.86. The van der Waals surface area contributed by atoms with Gasteiger partial charge in [-0.3, -0.25) is 4.79 Å². The summed E-state index contributed by atoms with van der Waals surface area (Å²) in [6.07, 6.45) is 1.15. The number of aromatic hydroxyl groups is 1. The highest BCUT2D eigenvalue weighted by atomic mass is 32.2. The minimum atomic E-state index is -0.213. The van der Waals surface area contributed by atoms with E-state index in [0.717, 1.165) is 12.2 Å². The Morgan fingerprint density at radius 3 is 3.12 bits per heavy atom. The second-order valence-electron chi connectivity index (χ2n) is 4.21. The van der Waals surface area contributed by atoms with Crippen LogP contribution in [0.5, 0.6) is 5.75 Å². The van der Waals surface area contributed by atoms with E-state index < -0.39 is 0 Å². The SMILES string of the molecule is Nc1ccc(O)cc1C(=O)NCC1CCSC1. The smallest absolute Gasteiger partial charge is 0.253 e. The summed E-state index contributed by atoms with van der Waals surface area (Å²) in [5, 5.41) is 12.2. The molecule has 1 atom stereocenters. The molecule has 1 amide bonds. The zero-order chi connectivity index (χ0) is 12.3. The quantitative estimate of drug-likeness (QED) is 0.562. The van der Waals surface area contributed by atoms with Crippen LogP contribution in [0.2, 0.25) is 0 Å². The molecule has 4 nitrogen and oxygen atoms in total. The van der Waals surface area contributed by atoms with Crippen molar-refractivity contribution in [2.45, 2.75) is 6.42 Å². The highest BCUT2D eigenvalue weighted by molar-refractivity contribution is 7.99. The van der Waals surface area contributed by atoms with Gasteiger partial charge in [-0.1, -0.05) is 0 Å². The van der Waals surface area contributed by atoms with Gasteiger partial charge in [0.25, 0.3) is 5.91 Å². The van der Waals surface area contributed by atoms with Gasteiger partial charge in [-0.25, -0.2) is 0 Å². The second-order valence-corrected chi connectivity index (χ2v) is 5.36. The summed E-state index contributed by atoms with van der Waals surface area (Å²) in [5.74, 6) is 2.68. The fraction of sp³-hybridized carbons (Fsp3) is 0.417. The molecule has 0 spiro atoms. The van der Waals surface area contributed by atoms with E-state index in [1.54, 1.807) is 0 Å². The van der Waals surface area contributed by atoms with Crippen LogP contribution in [0, 0.1) is 5.92 Å². The number of phenolic OH excluding ortho intramolecular Hbond substituents is 1. The number of nitrogens with one attached hydrogen (secondary N) is 1. The van der Waals surface area contributed by atoms with E-state index >= 15 is 0 Å². The molecule has 1 unspecified atom stereocenters. The van der Waals surface area contributed by atoms with E-state index in [1.807, 2.05) is 11.8 Å². The van der Waals surface area contributed by atoms with Gasteiger partial charge in [0.1, 0.15) is 5.75 Å². The molecule has 1 aromatic carbocycles. The van der Waals surface area contributed by atoms with E-state index in [0.29, 0.717) is 23.7 Å². The third-order valence-corrected chi connectivity index (χ3v) is 4.09. The monoisotopic (exact) mass is 252 g/mol. The van der Waals surface area contributed by atoms with Crippen LogP contribution in [0.3, 0.4) is 0 Å². The number of phenols is 1. The van der Waals surface area contributed by atoms with Gasteiger partial charge in [0.15, 0.2) is 0 Å². The number of carbonyl (C=O) groups excluding carboxylic acids is 1. The number of rotatable bonds is 3. The molecule has 4 N–H and O–H groups in total. The number of hydrogen-bond donors (Lipinski definition) is 3. The van der Waals surface area contributed by atoms with E-state index in [9.17, 15) is 9.90 Å². The summed E-state index contributed by atoms with van der Waals surface area (Å²) < 4.78 is 0. The second kappa shape index (κ2) is 5.31. The van der Waals surface area contributed by atoms with Gasteiger partial charge in [0.05, 0.1) is 5.56 Å². The van der Waals surface area contributed by atoms with Crippen molar-refractivity contribution in [1.29, 1.82) is 0 Å². The maximum absolute atomic E-state index is 11.9. The largest absolute Gasteiger partial charge is 0.508 e. The lowest BCUT2D eigenvalue weighted by molar-refractivity contribution is 0.0949. The van der Waals surface area contributed by atoms with Crippen molar-refractivity contribution in [3.05, 3.63) is 23.8 Å². The van der Waals surface area contributed by atoms with Crippen molar-refractivity contribution in [3.63, 3.8) is 0 Å². The van der Waals surface area contributed by atoms with Crippen LogP contribution in [-0.4, -0.2) is 29.1 Å². The lowest BCUT2D eigenvalue weighted by Crippen LogP contribution is -2.29. The Balaban J connectivity index is 1.96. The number of thioether (sulfide) groups is 1. The first-order chi connectivity index (χ1) is 8.16. The van der Waals surface area contributed by atoms with E-state index in [2.05, 4.69) is 5.32 Å². The first-order valence-electron chi connectivity index (χ1n) is 5.61. The molecule has 17 heavy (non-hydrogen) atoms. The Hall–Kier alpha value is -1.36. The molecule has 1 saturated heterocycles. The molecule has 1 aliphatic heterocycles. The van der Waals surface area contributed by atoms with Crippen molar-refractivity contribution in [1.82, 2.24) is 5.32 Å². The number of amides is 1. The first kappa shape index (κ1) is 12.1. The number of carbonyl (C=O) groups is 1. The number of hydrogen-bond acceptors (Lipinski definition) is 4. The topological polar surface area (TPSA) is 75.3 Å². The normalized spacial score (nSPS) is 19.2. The molecule has 1 fully saturated rings. The van der Waals surface area contributed by atoms with Crippen molar-refractivity contribution < 1.29 is 9.90 Å². The van der Waals surface area contributed by atoms with Crippen LogP contribution in [-0.2, 0) is 0 Å². The first-order valence-corrected chi connectivity index (χ1v) is 6.76. The van der Waals surface area contributed by atoms with Gasteiger partial charge in [0.2, 0.25) is 0 Å². The zero-order valence-electron chi connectivity index (χ0n) is 9.48. The van der Waals surface area contributed by atoms with Crippen molar-refractivity contribution in [3.8, 4) is 5.75 Å². The lowest BCUT2D eigenvalue weighted by Gasteiger charge is -2.11. The van der Waals surface area contributed by atoms with Gasteiger partial charge in [0, 0.05) is 12.2 Å². The molecule has 1 heterocycles. The molecule has 0 saturated carbocycles. The predicted octanol–water partition coefficient (Wildman–Crippen LogP) is 1.46. The zero-order valence-corrected chi connectivity index (χ0v) is 10.3. The standard InChI is InChI=1S/C12H16N2O2S/c13-11-2-1-9(15)5-10(11)12(16)14-6-8-3-4-17-7-8/h1-2,5,8,15H,3-4,6-7,13H2,(H,14,16). The molecule has 5 heteroatoms. The molecule has 0 aliphatic carbocycles. The van der Waals surface area contributed by atoms with Crippen LogP contribution >= 0.6 is 11.8 Å². The van der Waals surface area contributed by atoms with Crippen molar-refractivity contribution in [2.24, 2.45) is 5.92 Å². The van der Waals surface area contributed by atoms with Gasteiger partial charge in [-0.2, -0.15) is 11.8 Å². The summed E-state index contributed by atoms with van der Waals surface area (Å²) in [6, 6.07) is 4.41. The van der Waals surface area contributed by atoms with Crippen LogP contribution in [0.15, 0.2) is 18.2 Å². The predicted molar refractivity (Wildman–Crippen MR) is 70.3 cm³/mol. The van der Waals surface area contributed by atoms with Gasteiger partial charge in [-0.05, 0) is 42.0 Å². The Morgan fingerprint density at radius 2 is 2.41 bits per heavy atom. The number of anilines is 1. The Kier molecular flexibility index (Phi) is 3.78. The molecule has 0 bridgehead atoms. The summed E-state index contributed by atoms with van der Waals surface area (Å²) in [4.78, 5) is 11.9. The molecular formula is C12H16N2O2S. The molecular weight excluding hydrogens is 236 g/mol. The lowest BCUT2D eigenvalue weighted by atomic mass is 10.1.